The number of hydrogen-bond acceptors (Lipinski definition) is 4. The average molecular weight is 275 g/mol. The monoisotopic (exact) mass is 275 g/mol. The van der Waals surface area contributed by atoms with E-state index in [0.29, 0.717) is 29.7 Å². The third-order valence-electron chi connectivity index (χ3n) is 4.24. The molecule has 1 unspecified atom stereocenters. The van der Waals surface area contributed by atoms with Gasteiger partial charge in [0.05, 0.1) is 0 Å². The van der Waals surface area contributed by atoms with Crippen LogP contribution in [0, 0.1) is 5.92 Å². The zero-order chi connectivity index (χ0) is 13.9. The Bertz CT molecular complexity index is 625. The summed E-state index contributed by atoms with van der Waals surface area (Å²) < 4.78 is 6.93. The summed E-state index contributed by atoms with van der Waals surface area (Å²) >= 11 is 0. The molecular weight excluding hydrogens is 254 g/mol. The van der Waals surface area contributed by atoms with Gasteiger partial charge in [0.1, 0.15) is 0 Å². The highest BCUT2D eigenvalue weighted by Gasteiger charge is 2.26. The van der Waals surface area contributed by atoms with Crippen molar-refractivity contribution in [2.24, 2.45) is 5.92 Å². The highest BCUT2D eigenvalue weighted by Crippen LogP contribution is 2.28. The first-order valence-corrected chi connectivity index (χ1v) is 7.47. The van der Waals surface area contributed by atoms with Gasteiger partial charge < -0.3 is 9.73 Å². The minimum Gasteiger partial charge on any atom is -0.406 e. The van der Waals surface area contributed by atoms with Crippen LogP contribution < -0.4 is 11.1 Å². The third kappa shape index (κ3) is 2.50. The van der Waals surface area contributed by atoms with E-state index in [1.807, 2.05) is 0 Å². The lowest BCUT2D eigenvalue weighted by Crippen LogP contribution is -2.40. The van der Waals surface area contributed by atoms with Crippen molar-refractivity contribution in [3.63, 3.8) is 0 Å². The fourth-order valence-electron chi connectivity index (χ4n) is 3.26. The second-order valence-corrected chi connectivity index (χ2v) is 5.51. The van der Waals surface area contributed by atoms with Crippen LogP contribution in [0.15, 0.2) is 27.5 Å². The van der Waals surface area contributed by atoms with Gasteiger partial charge in [-0.05, 0) is 37.4 Å². The topological polar surface area (TPSA) is 60.1 Å². The van der Waals surface area contributed by atoms with Gasteiger partial charge in [0.15, 0.2) is 11.2 Å². The van der Waals surface area contributed by atoms with Gasteiger partial charge in [0.25, 0.3) is 0 Å². The number of nitrogens with one attached hydrogen (secondary N) is 1. The molecule has 5 heteroatoms. The Kier molecular flexibility index (Phi) is 3.87. The van der Waals surface area contributed by atoms with Gasteiger partial charge in [-0.15, -0.1) is 0 Å². The van der Waals surface area contributed by atoms with Gasteiger partial charge in [-0.3, -0.25) is 4.57 Å². The molecular formula is C15H21N3O2. The van der Waals surface area contributed by atoms with Crippen LogP contribution >= 0.6 is 0 Å². The fourth-order valence-corrected chi connectivity index (χ4v) is 3.26. The quantitative estimate of drug-likeness (QED) is 0.908. The van der Waals surface area contributed by atoms with Gasteiger partial charge >= 0.3 is 5.76 Å². The molecule has 0 spiro atoms. The number of nitrogens with zero attached hydrogens (tertiary/aromatic N) is 2. The van der Waals surface area contributed by atoms with Crippen LogP contribution in [0.25, 0.3) is 11.2 Å². The number of likely N-dealkylation sites (N-methyl/N-ethyl adjacent to an activating group) is 1. The molecule has 0 aliphatic heterocycles. The Morgan fingerprint density at radius 1 is 1.50 bits per heavy atom. The van der Waals surface area contributed by atoms with Gasteiger partial charge in [-0.1, -0.05) is 19.8 Å². The molecule has 1 N–H and O–H groups in total. The normalized spacial score (nSPS) is 17.9. The highest BCUT2D eigenvalue weighted by atomic mass is 16.4. The summed E-state index contributed by atoms with van der Waals surface area (Å²) in [4.78, 5) is 16.3. The molecule has 5 nitrogen and oxygen atoms in total. The molecule has 2 aromatic heterocycles. The SMILES string of the molecule is CCNC(Cn1c(=O)oc2cccnc21)C1CCCC1. The Labute approximate surface area is 118 Å². The van der Waals surface area contributed by atoms with E-state index in [2.05, 4.69) is 17.2 Å². The molecule has 0 amide bonds. The fraction of sp³-hybridized carbons (Fsp3) is 0.600. The van der Waals surface area contributed by atoms with Crippen LogP contribution in [-0.2, 0) is 6.54 Å². The van der Waals surface area contributed by atoms with Gasteiger partial charge in [0, 0.05) is 18.8 Å². The van der Waals surface area contributed by atoms with E-state index in [0.717, 1.165) is 6.54 Å². The van der Waals surface area contributed by atoms with E-state index in [9.17, 15) is 4.79 Å². The molecule has 0 bridgehead atoms. The number of oxazole rings is 1. The van der Waals surface area contributed by atoms with Crippen molar-refractivity contribution in [2.45, 2.75) is 45.2 Å². The van der Waals surface area contributed by atoms with Crippen molar-refractivity contribution in [3.8, 4) is 0 Å². The van der Waals surface area contributed by atoms with Crippen LogP contribution in [0.1, 0.15) is 32.6 Å². The molecule has 108 valence electrons. The number of aromatic nitrogens is 2. The Hall–Kier alpha value is -1.62. The first-order valence-electron chi connectivity index (χ1n) is 7.47. The van der Waals surface area contributed by atoms with Crippen LogP contribution in [0.5, 0.6) is 0 Å². The van der Waals surface area contributed by atoms with Crippen molar-refractivity contribution < 1.29 is 4.42 Å². The number of pyridine rings is 1. The molecule has 0 saturated heterocycles. The predicted octanol–water partition coefficient (Wildman–Crippen LogP) is 2.16. The largest absolute Gasteiger partial charge is 0.421 e. The molecule has 1 aliphatic carbocycles. The average Bonchev–Trinajstić information content (AvgIpc) is 3.07. The number of rotatable bonds is 5. The van der Waals surface area contributed by atoms with Crippen LogP contribution in [0.3, 0.4) is 0 Å². The van der Waals surface area contributed by atoms with Gasteiger partial charge in [0.2, 0.25) is 0 Å². The maximum absolute atomic E-state index is 12.0. The Balaban J connectivity index is 1.89. The molecule has 3 rings (SSSR count). The smallest absolute Gasteiger partial charge is 0.406 e. The predicted molar refractivity (Wildman–Crippen MR) is 77.7 cm³/mol. The minimum absolute atomic E-state index is 0.306. The van der Waals surface area contributed by atoms with E-state index in [-0.39, 0.29) is 5.76 Å². The van der Waals surface area contributed by atoms with Crippen molar-refractivity contribution in [1.82, 2.24) is 14.9 Å². The Morgan fingerprint density at radius 2 is 2.30 bits per heavy atom. The molecule has 1 saturated carbocycles. The zero-order valence-corrected chi connectivity index (χ0v) is 11.8. The molecule has 1 aliphatic rings. The Morgan fingerprint density at radius 3 is 3.05 bits per heavy atom. The van der Waals surface area contributed by atoms with Crippen LogP contribution in [0.4, 0.5) is 0 Å². The maximum atomic E-state index is 12.0. The lowest BCUT2D eigenvalue weighted by atomic mass is 9.98. The van der Waals surface area contributed by atoms with E-state index in [4.69, 9.17) is 4.42 Å². The van der Waals surface area contributed by atoms with E-state index in [1.54, 1.807) is 22.9 Å². The van der Waals surface area contributed by atoms with E-state index < -0.39 is 0 Å². The minimum atomic E-state index is -0.306. The molecule has 2 aromatic rings. The lowest BCUT2D eigenvalue weighted by molar-refractivity contribution is 0.320. The van der Waals surface area contributed by atoms with Crippen molar-refractivity contribution >= 4 is 11.2 Å². The molecule has 0 aromatic carbocycles. The highest BCUT2D eigenvalue weighted by molar-refractivity contribution is 5.67. The van der Waals surface area contributed by atoms with E-state index in [1.165, 1.54) is 25.7 Å². The van der Waals surface area contributed by atoms with Gasteiger partial charge in [-0.25, -0.2) is 9.78 Å². The molecule has 2 heterocycles. The number of fused-ring (bicyclic) bond motifs is 1. The molecule has 1 atom stereocenters. The van der Waals surface area contributed by atoms with Crippen LogP contribution in [0.2, 0.25) is 0 Å². The summed E-state index contributed by atoms with van der Waals surface area (Å²) in [6, 6.07) is 3.90. The van der Waals surface area contributed by atoms with Crippen molar-refractivity contribution in [3.05, 3.63) is 28.9 Å². The summed E-state index contributed by atoms with van der Waals surface area (Å²) in [5.41, 5.74) is 1.22. The third-order valence-corrected chi connectivity index (χ3v) is 4.24. The summed E-state index contributed by atoms with van der Waals surface area (Å²) in [6.45, 7) is 3.66. The first-order chi connectivity index (χ1) is 9.79. The maximum Gasteiger partial charge on any atom is 0.421 e. The number of hydrogen-bond donors (Lipinski definition) is 1. The summed E-state index contributed by atoms with van der Waals surface area (Å²) in [5.74, 6) is 0.343. The van der Waals surface area contributed by atoms with Gasteiger partial charge in [-0.2, -0.15) is 0 Å². The molecule has 1 fully saturated rings. The summed E-state index contributed by atoms with van der Waals surface area (Å²) in [6.07, 6.45) is 6.79. The van der Waals surface area contributed by atoms with Crippen LogP contribution in [-0.4, -0.2) is 22.1 Å². The second kappa shape index (κ2) is 5.79. The van der Waals surface area contributed by atoms with Crippen molar-refractivity contribution in [1.29, 1.82) is 0 Å². The zero-order valence-electron chi connectivity index (χ0n) is 11.8. The summed E-state index contributed by atoms with van der Waals surface area (Å²) in [5, 5.41) is 3.53. The second-order valence-electron chi connectivity index (χ2n) is 5.51. The lowest BCUT2D eigenvalue weighted by Gasteiger charge is -2.24. The first kappa shape index (κ1) is 13.4. The summed E-state index contributed by atoms with van der Waals surface area (Å²) in [7, 11) is 0. The molecule has 0 radical (unpaired) electrons. The van der Waals surface area contributed by atoms with Crippen molar-refractivity contribution in [2.75, 3.05) is 6.54 Å². The molecule has 20 heavy (non-hydrogen) atoms. The van der Waals surface area contributed by atoms with E-state index >= 15 is 0 Å². The standard InChI is InChI=1S/C15H21N3O2/c1-2-16-12(11-6-3-4-7-11)10-18-14-13(20-15(18)19)8-5-9-17-14/h5,8-9,11-12,16H,2-4,6-7,10H2,1H3.